The predicted molar refractivity (Wildman–Crippen MR) is 84.1 cm³/mol. The monoisotopic (exact) mass is 348 g/mol. The molecule has 1 heterocycles. The molecule has 0 aromatic heterocycles. The van der Waals surface area contributed by atoms with E-state index in [9.17, 15) is 14.9 Å². The lowest BCUT2D eigenvalue weighted by atomic mass is 10.1. The highest BCUT2D eigenvalue weighted by Crippen LogP contribution is 2.38. The van der Waals surface area contributed by atoms with Crippen LogP contribution in [0.2, 0.25) is 10.0 Å². The van der Waals surface area contributed by atoms with Gasteiger partial charge in [0.25, 0.3) is 11.6 Å². The molecule has 2 rings (SSSR count). The second-order valence-corrected chi connectivity index (χ2v) is 6.25. The summed E-state index contributed by atoms with van der Waals surface area (Å²) in [5, 5.41) is 11.0. The number of halogens is 2. The summed E-state index contributed by atoms with van der Waals surface area (Å²) in [4.78, 5) is 23.8. The summed E-state index contributed by atoms with van der Waals surface area (Å²) in [7, 11) is 1.55. The minimum Gasteiger partial charge on any atom is -0.296 e. The molecule has 0 N–H and O–H groups in total. The molecule has 104 valence electrons. The Morgan fingerprint density at radius 2 is 2.10 bits per heavy atom. The van der Waals surface area contributed by atoms with Gasteiger partial charge in [-0.1, -0.05) is 47.2 Å². The third-order valence-corrected chi connectivity index (χ3v) is 4.78. The summed E-state index contributed by atoms with van der Waals surface area (Å²) >= 11 is 18.0. The molecule has 1 aromatic carbocycles. The van der Waals surface area contributed by atoms with Crippen molar-refractivity contribution in [1.82, 2.24) is 4.90 Å². The van der Waals surface area contributed by atoms with Crippen LogP contribution in [0.5, 0.6) is 0 Å². The number of hydrogen-bond acceptors (Lipinski definition) is 5. The Kier molecular flexibility index (Phi) is 4.33. The first-order valence-corrected chi connectivity index (χ1v) is 7.15. The van der Waals surface area contributed by atoms with Crippen LogP contribution in [0.3, 0.4) is 0 Å². The van der Waals surface area contributed by atoms with Gasteiger partial charge in [0.05, 0.1) is 9.83 Å². The molecule has 0 aliphatic carbocycles. The second-order valence-electron chi connectivity index (χ2n) is 3.79. The highest BCUT2D eigenvalue weighted by molar-refractivity contribution is 8.26. The van der Waals surface area contributed by atoms with Gasteiger partial charge in [0, 0.05) is 23.7 Å². The number of hydrogen-bond donors (Lipinski definition) is 0. The molecule has 9 heteroatoms. The Labute approximate surface area is 133 Å². The molecular formula is C11H6Cl2N2O3S2. The van der Waals surface area contributed by atoms with Gasteiger partial charge in [-0.05, 0) is 12.1 Å². The van der Waals surface area contributed by atoms with Gasteiger partial charge in [-0.3, -0.25) is 19.8 Å². The van der Waals surface area contributed by atoms with E-state index in [1.54, 1.807) is 7.05 Å². The van der Waals surface area contributed by atoms with Crippen LogP contribution in [0.15, 0.2) is 17.0 Å². The van der Waals surface area contributed by atoms with Gasteiger partial charge in [-0.15, -0.1) is 0 Å². The molecule has 0 atom stereocenters. The van der Waals surface area contributed by atoms with Crippen LogP contribution < -0.4 is 0 Å². The fraction of sp³-hybridized carbons (Fsp3) is 0.0909. The predicted octanol–water partition coefficient (Wildman–Crippen LogP) is 3.73. The molecule has 1 aliphatic heterocycles. The second kappa shape index (κ2) is 5.69. The van der Waals surface area contributed by atoms with E-state index < -0.39 is 4.92 Å². The molecule has 0 bridgehead atoms. The molecule has 5 nitrogen and oxygen atoms in total. The minimum absolute atomic E-state index is 0.108. The molecule has 0 spiro atoms. The van der Waals surface area contributed by atoms with Crippen molar-refractivity contribution < 1.29 is 9.72 Å². The number of carbonyl (C=O) groups is 1. The molecule has 1 aromatic rings. The van der Waals surface area contributed by atoms with E-state index in [4.69, 9.17) is 35.4 Å². The molecule has 0 radical (unpaired) electrons. The molecule has 0 unspecified atom stereocenters. The Morgan fingerprint density at radius 1 is 1.45 bits per heavy atom. The van der Waals surface area contributed by atoms with Crippen LogP contribution >= 0.6 is 47.2 Å². The first-order chi connectivity index (χ1) is 9.32. The van der Waals surface area contributed by atoms with Crippen molar-refractivity contribution in [2.75, 3.05) is 7.05 Å². The lowest BCUT2D eigenvalue weighted by Gasteiger charge is -2.05. The van der Waals surface area contributed by atoms with Crippen LogP contribution in [0, 0.1) is 10.1 Å². The van der Waals surface area contributed by atoms with Gasteiger partial charge in [-0.25, -0.2) is 0 Å². The normalized spacial score (nSPS) is 17.1. The van der Waals surface area contributed by atoms with Crippen molar-refractivity contribution in [3.8, 4) is 0 Å². The summed E-state index contributed by atoms with van der Waals surface area (Å²) < 4.78 is 0.402. The quantitative estimate of drug-likeness (QED) is 0.352. The fourth-order valence-electron chi connectivity index (χ4n) is 1.51. The third-order valence-electron chi connectivity index (χ3n) is 2.56. The van der Waals surface area contributed by atoms with Crippen molar-refractivity contribution >= 4 is 69.2 Å². The number of benzene rings is 1. The maximum absolute atomic E-state index is 11.9. The summed E-state index contributed by atoms with van der Waals surface area (Å²) in [6, 6.07) is 2.58. The van der Waals surface area contributed by atoms with Crippen molar-refractivity contribution in [3.05, 3.63) is 42.8 Å². The number of thioether (sulfide) groups is 1. The van der Waals surface area contributed by atoms with E-state index in [1.807, 2.05) is 0 Å². The SMILES string of the molecule is CN1C(=O)C(=Cc2c(Cl)ccc([N+](=O)[O-])c2Cl)SC1=S. The first kappa shape index (κ1) is 15.2. The molecule has 0 saturated carbocycles. The largest absolute Gasteiger partial charge is 0.296 e. The lowest BCUT2D eigenvalue weighted by Crippen LogP contribution is -2.22. The Bertz CT molecular complexity index is 676. The zero-order chi connectivity index (χ0) is 15.0. The van der Waals surface area contributed by atoms with Crippen LogP contribution in [-0.2, 0) is 4.79 Å². The first-order valence-electron chi connectivity index (χ1n) is 5.17. The van der Waals surface area contributed by atoms with Gasteiger partial charge in [0.15, 0.2) is 0 Å². The van der Waals surface area contributed by atoms with Gasteiger partial charge < -0.3 is 0 Å². The average molecular weight is 349 g/mol. The van der Waals surface area contributed by atoms with E-state index in [0.29, 0.717) is 9.23 Å². The van der Waals surface area contributed by atoms with Gasteiger partial charge >= 0.3 is 0 Å². The van der Waals surface area contributed by atoms with E-state index in [0.717, 1.165) is 11.8 Å². The summed E-state index contributed by atoms with van der Waals surface area (Å²) in [5.41, 5.74) is -0.0363. The van der Waals surface area contributed by atoms with Gasteiger partial charge in [0.2, 0.25) is 0 Å². The van der Waals surface area contributed by atoms with Crippen molar-refractivity contribution in [3.63, 3.8) is 0 Å². The number of thiocarbonyl (C=S) groups is 1. The number of rotatable bonds is 2. The summed E-state index contributed by atoms with van der Waals surface area (Å²) in [6.45, 7) is 0. The molecule has 1 saturated heterocycles. The number of amides is 1. The van der Waals surface area contributed by atoms with E-state index >= 15 is 0 Å². The fourth-order valence-corrected chi connectivity index (χ4v) is 3.22. The number of nitro groups is 1. The number of likely N-dealkylation sites (N-methyl/N-ethyl adjacent to an activating group) is 1. The van der Waals surface area contributed by atoms with Gasteiger partial charge in [0.1, 0.15) is 9.34 Å². The highest BCUT2D eigenvalue weighted by Gasteiger charge is 2.29. The van der Waals surface area contributed by atoms with Gasteiger partial charge in [-0.2, -0.15) is 0 Å². The molecule has 1 fully saturated rings. The number of nitro benzene ring substituents is 1. The number of nitrogens with zero attached hydrogens (tertiary/aromatic N) is 2. The van der Waals surface area contributed by atoms with E-state index in [-0.39, 0.29) is 27.2 Å². The lowest BCUT2D eigenvalue weighted by molar-refractivity contribution is -0.384. The van der Waals surface area contributed by atoms with Crippen LogP contribution in [-0.4, -0.2) is 27.1 Å². The van der Waals surface area contributed by atoms with Crippen LogP contribution in [0.25, 0.3) is 6.08 Å². The highest BCUT2D eigenvalue weighted by atomic mass is 35.5. The Hall–Kier alpha value is -1.15. The van der Waals surface area contributed by atoms with Crippen molar-refractivity contribution in [1.29, 1.82) is 0 Å². The molecule has 1 amide bonds. The third kappa shape index (κ3) is 2.67. The maximum Gasteiger partial charge on any atom is 0.288 e. The minimum atomic E-state index is -0.610. The van der Waals surface area contributed by atoms with E-state index in [1.165, 1.54) is 23.1 Å². The Balaban J connectivity index is 2.54. The molecular weight excluding hydrogens is 343 g/mol. The maximum atomic E-state index is 11.9. The topological polar surface area (TPSA) is 63.5 Å². The van der Waals surface area contributed by atoms with Crippen LogP contribution in [0.1, 0.15) is 5.56 Å². The summed E-state index contributed by atoms with van der Waals surface area (Å²) in [6.07, 6.45) is 1.42. The molecule has 20 heavy (non-hydrogen) atoms. The van der Waals surface area contributed by atoms with Crippen molar-refractivity contribution in [2.45, 2.75) is 0 Å². The van der Waals surface area contributed by atoms with Crippen LogP contribution in [0.4, 0.5) is 5.69 Å². The number of carbonyl (C=O) groups excluding carboxylic acids is 1. The smallest absolute Gasteiger partial charge is 0.288 e. The van der Waals surface area contributed by atoms with Crippen molar-refractivity contribution in [2.24, 2.45) is 0 Å². The molecule has 1 aliphatic rings. The zero-order valence-electron chi connectivity index (χ0n) is 9.92. The average Bonchev–Trinajstić information content (AvgIpc) is 2.61. The Morgan fingerprint density at radius 3 is 2.60 bits per heavy atom. The standard InChI is InChI=1S/C11H6Cl2N2O3S2/c1-14-10(16)8(20-11(14)19)4-5-6(12)2-3-7(9(5)13)15(17)18/h2-4H,1H3. The zero-order valence-corrected chi connectivity index (χ0v) is 13.1. The summed E-state index contributed by atoms with van der Waals surface area (Å²) in [5.74, 6) is -0.293. The van der Waals surface area contributed by atoms with E-state index in [2.05, 4.69) is 0 Å².